The van der Waals surface area contributed by atoms with Crippen molar-refractivity contribution < 1.29 is 9.47 Å². The van der Waals surface area contributed by atoms with Gasteiger partial charge in [0.2, 0.25) is 0 Å². The highest BCUT2D eigenvalue weighted by atomic mass is 79.9. The molecule has 3 atom stereocenters. The number of hydrogen-bond donors (Lipinski definition) is 0. The lowest BCUT2D eigenvalue weighted by Crippen LogP contribution is -2.52. The highest BCUT2D eigenvalue weighted by Crippen LogP contribution is 2.35. The number of alkyl halides is 1. The molecule has 0 radical (unpaired) electrons. The molecule has 1 fully saturated rings. The summed E-state index contributed by atoms with van der Waals surface area (Å²) in [5.41, 5.74) is 2.46. The van der Waals surface area contributed by atoms with E-state index in [1.165, 1.54) is 11.1 Å². The van der Waals surface area contributed by atoms with Crippen molar-refractivity contribution in [2.45, 2.75) is 44.2 Å². The molecule has 0 saturated heterocycles. The van der Waals surface area contributed by atoms with E-state index in [1.54, 1.807) is 0 Å². The van der Waals surface area contributed by atoms with Crippen LogP contribution < -0.4 is 4.74 Å². The van der Waals surface area contributed by atoms with Crippen LogP contribution in [-0.4, -0.2) is 23.6 Å². The Kier molecular flexibility index (Phi) is 4.10. The summed E-state index contributed by atoms with van der Waals surface area (Å²) in [6.07, 6.45) is 1.37. The third kappa shape index (κ3) is 2.83. The second-order valence-electron chi connectivity index (χ2n) is 4.60. The fourth-order valence-corrected chi connectivity index (χ4v) is 3.00. The maximum Gasteiger partial charge on any atom is 0.127 e. The monoisotopic (exact) mass is 298 g/mol. The first-order chi connectivity index (χ1) is 8.11. The Morgan fingerprint density at radius 1 is 1.35 bits per heavy atom. The molecule has 3 unspecified atom stereocenters. The molecule has 2 rings (SSSR count). The minimum Gasteiger partial charge on any atom is -0.487 e. The van der Waals surface area contributed by atoms with Crippen molar-refractivity contribution in [2.75, 3.05) is 6.61 Å². The van der Waals surface area contributed by atoms with E-state index in [0.29, 0.717) is 4.83 Å². The van der Waals surface area contributed by atoms with Crippen molar-refractivity contribution in [3.8, 4) is 5.75 Å². The average molecular weight is 299 g/mol. The van der Waals surface area contributed by atoms with Gasteiger partial charge in [-0.05, 0) is 32.4 Å². The molecule has 17 heavy (non-hydrogen) atoms. The van der Waals surface area contributed by atoms with Crippen molar-refractivity contribution in [2.24, 2.45) is 0 Å². The van der Waals surface area contributed by atoms with Gasteiger partial charge >= 0.3 is 0 Å². The number of ether oxygens (including phenoxy) is 2. The first kappa shape index (κ1) is 12.9. The van der Waals surface area contributed by atoms with Crippen LogP contribution in [0.4, 0.5) is 0 Å². The van der Waals surface area contributed by atoms with Gasteiger partial charge in [0.15, 0.2) is 0 Å². The van der Waals surface area contributed by atoms with Gasteiger partial charge in [0.1, 0.15) is 18.0 Å². The molecule has 1 aliphatic carbocycles. The van der Waals surface area contributed by atoms with Crippen LogP contribution in [0.1, 0.15) is 24.5 Å². The summed E-state index contributed by atoms with van der Waals surface area (Å²) in [7, 11) is 0. The summed E-state index contributed by atoms with van der Waals surface area (Å²) in [4.78, 5) is 0.429. The summed E-state index contributed by atoms with van der Waals surface area (Å²) in [5.74, 6) is 0.977. The van der Waals surface area contributed by atoms with E-state index < -0.39 is 0 Å². The van der Waals surface area contributed by atoms with Gasteiger partial charge in [-0.2, -0.15) is 0 Å². The number of benzene rings is 1. The second kappa shape index (κ2) is 5.40. The molecule has 1 saturated carbocycles. The SMILES string of the molecule is CCOC1C(Br)CC1Oc1ccc(C)cc1C. The molecule has 0 spiro atoms. The van der Waals surface area contributed by atoms with Crippen molar-refractivity contribution in [1.82, 2.24) is 0 Å². The van der Waals surface area contributed by atoms with E-state index in [1.807, 2.05) is 6.92 Å². The summed E-state index contributed by atoms with van der Waals surface area (Å²) >= 11 is 3.61. The molecule has 1 aromatic rings. The van der Waals surface area contributed by atoms with E-state index in [2.05, 4.69) is 48.0 Å². The Balaban J connectivity index is 2.01. The number of aryl methyl sites for hydroxylation is 2. The number of hydrogen-bond acceptors (Lipinski definition) is 2. The Labute approximate surface area is 111 Å². The van der Waals surface area contributed by atoms with Gasteiger partial charge in [0.25, 0.3) is 0 Å². The molecule has 0 heterocycles. The fraction of sp³-hybridized carbons (Fsp3) is 0.571. The molecule has 3 heteroatoms. The van der Waals surface area contributed by atoms with Crippen molar-refractivity contribution in [3.63, 3.8) is 0 Å². The van der Waals surface area contributed by atoms with Crippen LogP contribution in [0.2, 0.25) is 0 Å². The summed E-state index contributed by atoms with van der Waals surface area (Å²) in [6, 6.07) is 6.28. The smallest absolute Gasteiger partial charge is 0.127 e. The minimum atomic E-state index is 0.181. The standard InChI is InChI=1S/C14H19BrO2/c1-4-16-14-11(15)8-13(14)17-12-6-5-9(2)7-10(12)3/h5-7,11,13-14H,4,8H2,1-3H3. The van der Waals surface area contributed by atoms with E-state index in [0.717, 1.165) is 18.8 Å². The lowest BCUT2D eigenvalue weighted by atomic mass is 9.91. The van der Waals surface area contributed by atoms with Crippen LogP contribution in [0, 0.1) is 13.8 Å². The molecule has 0 aliphatic heterocycles. The van der Waals surface area contributed by atoms with Gasteiger partial charge in [0.05, 0.1) is 0 Å². The van der Waals surface area contributed by atoms with Crippen molar-refractivity contribution in [3.05, 3.63) is 29.3 Å². The first-order valence-corrected chi connectivity index (χ1v) is 7.03. The number of rotatable bonds is 4. The summed E-state index contributed by atoms with van der Waals surface area (Å²) in [6.45, 7) is 6.94. The third-order valence-electron chi connectivity index (χ3n) is 3.15. The normalized spacial score (nSPS) is 27.6. The van der Waals surface area contributed by atoms with Gasteiger partial charge in [0, 0.05) is 17.9 Å². The lowest BCUT2D eigenvalue weighted by Gasteiger charge is -2.41. The Morgan fingerprint density at radius 3 is 2.71 bits per heavy atom. The van der Waals surface area contributed by atoms with Crippen LogP contribution in [0.3, 0.4) is 0 Å². The van der Waals surface area contributed by atoms with Gasteiger partial charge in [-0.3, -0.25) is 0 Å². The molecule has 0 bridgehead atoms. The Bertz CT molecular complexity index is 392. The second-order valence-corrected chi connectivity index (χ2v) is 5.77. The Hall–Kier alpha value is -0.540. The van der Waals surface area contributed by atoms with Crippen LogP contribution in [-0.2, 0) is 4.74 Å². The molecule has 1 aliphatic rings. The lowest BCUT2D eigenvalue weighted by molar-refractivity contribution is -0.0725. The summed E-state index contributed by atoms with van der Waals surface area (Å²) in [5, 5.41) is 0. The molecule has 0 amide bonds. The summed E-state index contributed by atoms with van der Waals surface area (Å²) < 4.78 is 11.7. The molecule has 1 aromatic carbocycles. The van der Waals surface area contributed by atoms with Gasteiger partial charge in [-0.1, -0.05) is 33.6 Å². The van der Waals surface area contributed by atoms with Gasteiger partial charge < -0.3 is 9.47 Å². The molecule has 0 aromatic heterocycles. The van der Waals surface area contributed by atoms with Crippen LogP contribution in [0.25, 0.3) is 0 Å². The predicted molar refractivity (Wildman–Crippen MR) is 73.1 cm³/mol. The van der Waals surface area contributed by atoms with E-state index in [-0.39, 0.29) is 12.2 Å². The maximum absolute atomic E-state index is 6.02. The quantitative estimate of drug-likeness (QED) is 0.791. The van der Waals surface area contributed by atoms with Gasteiger partial charge in [-0.25, -0.2) is 0 Å². The molecule has 0 N–H and O–H groups in total. The fourth-order valence-electron chi connectivity index (χ4n) is 2.14. The highest BCUT2D eigenvalue weighted by molar-refractivity contribution is 9.09. The van der Waals surface area contributed by atoms with Crippen molar-refractivity contribution >= 4 is 15.9 Å². The first-order valence-electron chi connectivity index (χ1n) is 6.11. The molecule has 94 valence electrons. The van der Waals surface area contributed by atoms with Crippen LogP contribution >= 0.6 is 15.9 Å². The van der Waals surface area contributed by atoms with Crippen LogP contribution in [0.15, 0.2) is 18.2 Å². The zero-order chi connectivity index (χ0) is 12.4. The average Bonchev–Trinajstić information content (AvgIpc) is 2.28. The Morgan fingerprint density at radius 2 is 2.12 bits per heavy atom. The topological polar surface area (TPSA) is 18.5 Å². The minimum absolute atomic E-state index is 0.181. The van der Waals surface area contributed by atoms with Gasteiger partial charge in [-0.15, -0.1) is 0 Å². The van der Waals surface area contributed by atoms with Crippen LogP contribution in [0.5, 0.6) is 5.75 Å². The molecular formula is C14H19BrO2. The van der Waals surface area contributed by atoms with E-state index in [9.17, 15) is 0 Å². The zero-order valence-electron chi connectivity index (χ0n) is 10.6. The largest absolute Gasteiger partial charge is 0.487 e. The molecular weight excluding hydrogens is 280 g/mol. The third-order valence-corrected chi connectivity index (χ3v) is 4.04. The zero-order valence-corrected chi connectivity index (χ0v) is 12.2. The van der Waals surface area contributed by atoms with E-state index >= 15 is 0 Å². The molecule has 2 nitrogen and oxygen atoms in total. The maximum atomic E-state index is 6.02. The van der Waals surface area contributed by atoms with Crippen molar-refractivity contribution in [1.29, 1.82) is 0 Å². The highest BCUT2D eigenvalue weighted by Gasteiger charge is 2.42. The van der Waals surface area contributed by atoms with E-state index in [4.69, 9.17) is 9.47 Å². The predicted octanol–water partition coefficient (Wildman–Crippen LogP) is 3.62. The number of halogens is 1.